The van der Waals surface area contributed by atoms with Gasteiger partial charge in [0.1, 0.15) is 5.82 Å². The predicted molar refractivity (Wildman–Crippen MR) is 97.3 cm³/mol. The summed E-state index contributed by atoms with van der Waals surface area (Å²) in [5, 5.41) is 0. The van der Waals surface area contributed by atoms with Crippen molar-refractivity contribution >= 4 is 10.8 Å². The van der Waals surface area contributed by atoms with E-state index in [1.165, 1.54) is 0 Å². The number of rotatable bonds is 7. The van der Waals surface area contributed by atoms with Gasteiger partial charge in [-0.1, -0.05) is 18.2 Å². The maximum absolute atomic E-state index is 12.3. The van der Waals surface area contributed by atoms with Crippen molar-refractivity contribution in [2.45, 2.75) is 24.9 Å². The van der Waals surface area contributed by atoms with E-state index in [1.807, 2.05) is 42.7 Å². The Labute approximate surface area is 146 Å². The lowest BCUT2D eigenvalue weighted by atomic mass is 10.3. The van der Waals surface area contributed by atoms with E-state index in [1.54, 1.807) is 0 Å². The monoisotopic (exact) mass is 346 g/mol. The number of imidazole rings is 1. The molecule has 1 atom stereocenters. The van der Waals surface area contributed by atoms with Crippen LogP contribution < -0.4 is 0 Å². The van der Waals surface area contributed by atoms with Crippen LogP contribution >= 0.6 is 0 Å². The van der Waals surface area contributed by atoms with Gasteiger partial charge in [-0.2, -0.15) is 0 Å². The zero-order chi connectivity index (χ0) is 16.8. The summed E-state index contributed by atoms with van der Waals surface area (Å²) in [6.45, 7) is 9.13. The Morgan fingerprint density at radius 2 is 1.79 bits per heavy atom. The summed E-state index contributed by atoms with van der Waals surface area (Å²) in [5.41, 5.74) is 0. The number of aromatic nitrogens is 2. The van der Waals surface area contributed by atoms with E-state index in [0.717, 1.165) is 56.5 Å². The number of hydrogen-bond acceptors (Lipinski definition) is 4. The number of piperazine rings is 1. The van der Waals surface area contributed by atoms with Gasteiger partial charge in [-0.3, -0.25) is 14.0 Å². The van der Waals surface area contributed by atoms with Crippen molar-refractivity contribution in [2.24, 2.45) is 0 Å². The molecular formula is C18H26N4OS. The summed E-state index contributed by atoms with van der Waals surface area (Å²) in [6.07, 6.45) is 3.93. The Morgan fingerprint density at radius 1 is 1.08 bits per heavy atom. The molecule has 2 heterocycles. The normalized spacial score (nSPS) is 17.9. The van der Waals surface area contributed by atoms with Gasteiger partial charge in [0.15, 0.2) is 0 Å². The summed E-state index contributed by atoms with van der Waals surface area (Å²) in [7, 11) is -0.893. The SMILES string of the molecule is CCn1ccnc1CN1CCN(CC[S@@](=O)c2ccccc2)CC1. The lowest BCUT2D eigenvalue weighted by Gasteiger charge is -2.34. The number of nitrogens with zero attached hydrogens (tertiary/aromatic N) is 4. The Kier molecular flexibility index (Phi) is 6.18. The molecule has 5 nitrogen and oxygen atoms in total. The summed E-state index contributed by atoms with van der Waals surface area (Å²) < 4.78 is 14.5. The predicted octanol–water partition coefficient (Wildman–Crippen LogP) is 1.83. The second kappa shape index (κ2) is 8.55. The van der Waals surface area contributed by atoms with Crippen LogP contribution in [0.15, 0.2) is 47.6 Å². The highest BCUT2D eigenvalue weighted by Gasteiger charge is 2.18. The van der Waals surface area contributed by atoms with Gasteiger partial charge in [0.05, 0.1) is 17.3 Å². The van der Waals surface area contributed by atoms with Crippen LogP contribution in [0.1, 0.15) is 12.7 Å². The van der Waals surface area contributed by atoms with Crippen LogP contribution in [0.25, 0.3) is 0 Å². The fourth-order valence-electron chi connectivity index (χ4n) is 3.05. The summed E-state index contributed by atoms with van der Waals surface area (Å²) in [4.78, 5) is 10.3. The number of aryl methyl sites for hydroxylation is 1. The molecule has 0 amide bonds. The first-order valence-electron chi connectivity index (χ1n) is 8.64. The van der Waals surface area contributed by atoms with Gasteiger partial charge in [-0.15, -0.1) is 0 Å². The van der Waals surface area contributed by atoms with E-state index in [4.69, 9.17) is 0 Å². The lowest BCUT2D eigenvalue weighted by molar-refractivity contribution is 0.129. The fourth-order valence-corrected chi connectivity index (χ4v) is 4.17. The van der Waals surface area contributed by atoms with Gasteiger partial charge >= 0.3 is 0 Å². The molecule has 2 aromatic rings. The fraction of sp³-hybridized carbons (Fsp3) is 0.500. The molecule has 0 N–H and O–H groups in total. The van der Waals surface area contributed by atoms with Crippen LogP contribution in [0.5, 0.6) is 0 Å². The zero-order valence-corrected chi connectivity index (χ0v) is 15.1. The second-order valence-electron chi connectivity index (χ2n) is 6.11. The van der Waals surface area contributed by atoms with Gasteiger partial charge in [-0.05, 0) is 19.1 Å². The Morgan fingerprint density at radius 3 is 2.50 bits per heavy atom. The third-order valence-electron chi connectivity index (χ3n) is 4.57. The van der Waals surface area contributed by atoms with E-state index in [-0.39, 0.29) is 0 Å². The van der Waals surface area contributed by atoms with Gasteiger partial charge in [0, 0.05) is 62.3 Å². The molecule has 24 heavy (non-hydrogen) atoms. The maximum Gasteiger partial charge on any atom is 0.122 e. The topological polar surface area (TPSA) is 41.4 Å². The minimum Gasteiger partial charge on any atom is -0.334 e. The molecule has 0 aliphatic carbocycles. The van der Waals surface area contributed by atoms with Crippen molar-refractivity contribution in [1.82, 2.24) is 19.4 Å². The first kappa shape index (κ1) is 17.3. The number of benzene rings is 1. The molecule has 1 aromatic heterocycles. The first-order chi connectivity index (χ1) is 11.8. The quantitative estimate of drug-likeness (QED) is 0.767. The van der Waals surface area contributed by atoms with E-state index in [0.29, 0.717) is 5.75 Å². The van der Waals surface area contributed by atoms with Gasteiger partial charge < -0.3 is 4.57 Å². The molecule has 0 radical (unpaired) electrons. The van der Waals surface area contributed by atoms with Crippen molar-refractivity contribution < 1.29 is 4.21 Å². The van der Waals surface area contributed by atoms with Crippen LogP contribution in [0, 0.1) is 0 Å². The highest BCUT2D eigenvalue weighted by atomic mass is 32.2. The molecule has 0 unspecified atom stereocenters. The molecular weight excluding hydrogens is 320 g/mol. The second-order valence-corrected chi connectivity index (χ2v) is 7.68. The smallest absolute Gasteiger partial charge is 0.122 e. The minimum absolute atomic E-state index is 0.713. The third kappa shape index (κ3) is 4.53. The van der Waals surface area contributed by atoms with Gasteiger partial charge in [0.2, 0.25) is 0 Å². The van der Waals surface area contributed by atoms with E-state index in [9.17, 15) is 4.21 Å². The average molecular weight is 347 g/mol. The summed E-state index contributed by atoms with van der Waals surface area (Å²) >= 11 is 0. The Bertz CT molecular complexity index is 650. The van der Waals surface area contributed by atoms with E-state index >= 15 is 0 Å². The van der Waals surface area contributed by atoms with E-state index in [2.05, 4.69) is 26.3 Å². The van der Waals surface area contributed by atoms with Crippen molar-refractivity contribution in [3.63, 3.8) is 0 Å². The maximum atomic E-state index is 12.3. The standard InChI is InChI=1S/C18H26N4OS/c1-2-22-9-8-19-18(22)16-21-12-10-20(11-13-21)14-15-24(23)17-6-4-3-5-7-17/h3-9H,2,10-16H2,1H3/t24-/m1/s1. The molecule has 1 aliphatic rings. The molecule has 130 valence electrons. The van der Waals surface area contributed by atoms with Gasteiger partial charge in [-0.25, -0.2) is 4.98 Å². The van der Waals surface area contributed by atoms with Crippen molar-refractivity contribution in [3.8, 4) is 0 Å². The molecule has 0 bridgehead atoms. The van der Waals surface area contributed by atoms with E-state index < -0.39 is 10.8 Å². The molecule has 3 rings (SSSR count). The van der Waals surface area contributed by atoms with Crippen LogP contribution in [0.3, 0.4) is 0 Å². The molecule has 1 aromatic carbocycles. The molecule has 6 heteroatoms. The van der Waals surface area contributed by atoms with Crippen molar-refractivity contribution in [3.05, 3.63) is 48.5 Å². The minimum atomic E-state index is -0.893. The summed E-state index contributed by atoms with van der Waals surface area (Å²) in [6, 6.07) is 9.76. The van der Waals surface area contributed by atoms with Crippen LogP contribution in [-0.2, 0) is 23.9 Å². The van der Waals surface area contributed by atoms with Crippen LogP contribution in [0.2, 0.25) is 0 Å². The molecule has 1 fully saturated rings. The first-order valence-corrected chi connectivity index (χ1v) is 9.96. The molecule has 0 spiro atoms. The largest absolute Gasteiger partial charge is 0.334 e. The molecule has 0 saturated carbocycles. The zero-order valence-electron chi connectivity index (χ0n) is 14.3. The third-order valence-corrected chi connectivity index (χ3v) is 5.92. The molecule has 1 saturated heterocycles. The highest BCUT2D eigenvalue weighted by molar-refractivity contribution is 7.85. The van der Waals surface area contributed by atoms with Gasteiger partial charge in [0.25, 0.3) is 0 Å². The highest BCUT2D eigenvalue weighted by Crippen LogP contribution is 2.09. The Balaban J connectivity index is 1.41. The van der Waals surface area contributed by atoms with Crippen LogP contribution in [0.4, 0.5) is 0 Å². The molecule has 1 aliphatic heterocycles. The van der Waals surface area contributed by atoms with Crippen molar-refractivity contribution in [2.75, 3.05) is 38.5 Å². The lowest BCUT2D eigenvalue weighted by Crippen LogP contribution is -2.47. The van der Waals surface area contributed by atoms with Crippen molar-refractivity contribution in [1.29, 1.82) is 0 Å². The number of hydrogen-bond donors (Lipinski definition) is 0. The Hall–Kier alpha value is -1.50. The summed E-state index contributed by atoms with van der Waals surface area (Å²) in [5.74, 6) is 1.86. The average Bonchev–Trinajstić information content (AvgIpc) is 3.08. The van der Waals surface area contributed by atoms with Crippen LogP contribution in [-0.4, -0.2) is 62.0 Å².